The molecule has 14 heavy (non-hydrogen) atoms. The van der Waals surface area contributed by atoms with Crippen LogP contribution in [-0.2, 0) is 14.3 Å². The van der Waals surface area contributed by atoms with Crippen LogP contribution in [0.15, 0.2) is 0 Å². The highest BCUT2D eigenvalue weighted by Crippen LogP contribution is 2.03. The molecule has 0 spiro atoms. The number of carbonyl (C=O) groups excluding carboxylic acids is 1. The zero-order chi connectivity index (χ0) is 11.2. The number of rotatable bonds is 6. The summed E-state index contributed by atoms with van der Waals surface area (Å²) in [7, 11) is 0. The maximum absolute atomic E-state index is 11.0. The maximum atomic E-state index is 11.0. The Morgan fingerprint density at radius 2 is 1.79 bits per heavy atom. The van der Waals surface area contributed by atoms with Crippen LogP contribution in [0.5, 0.6) is 0 Å². The van der Waals surface area contributed by atoms with Gasteiger partial charge in [0.1, 0.15) is 0 Å². The van der Waals surface area contributed by atoms with Gasteiger partial charge in [-0.1, -0.05) is 0 Å². The molecule has 0 saturated heterocycles. The van der Waals surface area contributed by atoms with Gasteiger partial charge < -0.3 is 9.84 Å². The number of nitrogens with two attached hydrogens (primary N) is 2. The van der Waals surface area contributed by atoms with Crippen molar-refractivity contribution in [3.8, 4) is 0 Å². The largest absolute Gasteiger partial charge is 0.481 e. The van der Waals surface area contributed by atoms with Crippen LogP contribution in [0.2, 0.25) is 0 Å². The van der Waals surface area contributed by atoms with Gasteiger partial charge >= 0.3 is 11.9 Å². The fourth-order valence-corrected chi connectivity index (χ4v) is 0.842. The Hall–Kier alpha value is -1.14. The van der Waals surface area contributed by atoms with E-state index in [4.69, 9.17) is 16.6 Å². The molecule has 6 nitrogen and oxygen atoms in total. The summed E-state index contributed by atoms with van der Waals surface area (Å²) in [5.74, 6) is -2.84. The highest BCUT2D eigenvalue weighted by atomic mass is 16.6. The number of carboxylic acid groups (broad SMARTS) is 1. The molecule has 0 rings (SSSR count). The number of carbonyl (C=O) groups is 2. The first-order chi connectivity index (χ1) is 6.31. The van der Waals surface area contributed by atoms with Crippen LogP contribution in [0.1, 0.15) is 32.6 Å². The Morgan fingerprint density at radius 1 is 1.29 bits per heavy atom. The highest BCUT2D eigenvalue weighted by Gasteiger charge is 2.16. The van der Waals surface area contributed by atoms with E-state index in [-0.39, 0.29) is 12.8 Å². The van der Waals surface area contributed by atoms with Crippen molar-refractivity contribution in [1.29, 1.82) is 0 Å². The van der Waals surface area contributed by atoms with E-state index < -0.39 is 17.8 Å². The zero-order valence-corrected chi connectivity index (χ0v) is 8.16. The van der Waals surface area contributed by atoms with Gasteiger partial charge in [0.05, 0.1) is 0 Å². The van der Waals surface area contributed by atoms with Crippen molar-refractivity contribution in [1.82, 2.24) is 0 Å². The van der Waals surface area contributed by atoms with E-state index in [9.17, 15) is 9.59 Å². The normalized spacial score (nSPS) is 11.1. The van der Waals surface area contributed by atoms with Gasteiger partial charge in [-0.15, -0.1) is 0 Å². The molecule has 0 aromatic heterocycles. The molecule has 82 valence electrons. The van der Waals surface area contributed by atoms with E-state index >= 15 is 0 Å². The Kier molecular flexibility index (Phi) is 5.11. The van der Waals surface area contributed by atoms with Crippen LogP contribution >= 0.6 is 0 Å². The molecule has 0 amide bonds. The first kappa shape index (κ1) is 12.9. The molecular weight excluding hydrogens is 188 g/mol. The molecule has 0 heterocycles. The lowest BCUT2D eigenvalue weighted by Gasteiger charge is -2.18. The van der Waals surface area contributed by atoms with Gasteiger partial charge in [-0.05, 0) is 12.8 Å². The second kappa shape index (κ2) is 5.56. The Bertz CT molecular complexity index is 210. The Morgan fingerprint density at radius 3 is 2.21 bits per heavy atom. The molecule has 0 fully saturated rings. The van der Waals surface area contributed by atoms with Crippen LogP contribution in [0.4, 0.5) is 0 Å². The molecule has 0 aliphatic carbocycles. The van der Waals surface area contributed by atoms with E-state index in [1.54, 1.807) is 0 Å². The summed E-state index contributed by atoms with van der Waals surface area (Å²) in [5, 5.41) is 8.31. The third-order valence-electron chi connectivity index (χ3n) is 1.36. The molecule has 0 unspecified atom stereocenters. The van der Waals surface area contributed by atoms with Crippen LogP contribution in [0.25, 0.3) is 0 Å². The molecule has 0 aliphatic rings. The minimum Gasteiger partial charge on any atom is -0.481 e. The summed E-state index contributed by atoms with van der Waals surface area (Å²) in [6.07, 6.45) is 1.09. The fraction of sp³-hybridized carbons (Fsp3) is 0.750. The van der Waals surface area contributed by atoms with Crippen LogP contribution in [-0.4, -0.2) is 22.9 Å². The van der Waals surface area contributed by atoms with Gasteiger partial charge in [0, 0.05) is 19.8 Å². The van der Waals surface area contributed by atoms with Crippen LogP contribution in [0, 0.1) is 0 Å². The first-order valence-electron chi connectivity index (χ1n) is 4.32. The van der Waals surface area contributed by atoms with E-state index in [0.29, 0.717) is 12.8 Å². The predicted octanol–water partition coefficient (Wildman–Crippen LogP) is -0.234. The molecule has 0 aromatic carbocycles. The van der Waals surface area contributed by atoms with Crippen molar-refractivity contribution in [3.05, 3.63) is 0 Å². The van der Waals surface area contributed by atoms with Crippen molar-refractivity contribution < 1.29 is 19.4 Å². The van der Waals surface area contributed by atoms with Crippen LogP contribution < -0.4 is 11.5 Å². The minimum atomic E-state index is -1.45. The van der Waals surface area contributed by atoms with E-state index in [0.717, 1.165) is 0 Å². The molecule has 0 saturated carbocycles. The van der Waals surface area contributed by atoms with Gasteiger partial charge in [0.15, 0.2) is 0 Å². The standard InChI is InChI=1S/C8H16N2O4/c1-8(9,10)14-7(13)5-3-2-4-6(11)12/h2-5,9-10H2,1H3,(H,11,12). The second-order valence-corrected chi connectivity index (χ2v) is 3.26. The molecule has 0 aromatic rings. The monoisotopic (exact) mass is 204 g/mol. The summed E-state index contributed by atoms with van der Waals surface area (Å²) in [4.78, 5) is 21.1. The molecular formula is C8H16N2O4. The average molecular weight is 204 g/mol. The van der Waals surface area contributed by atoms with E-state index in [1.807, 2.05) is 0 Å². The van der Waals surface area contributed by atoms with Gasteiger partial charge in [-0.3, -0.25) is 21.1 Å². The third kappa shape index (κ3) is 8.95. The average Bonchev–Trinajstić information content (AvgIpc) is 1.94. The van der Waals surface area contributed by atoms with Crippen molar-refractivity contribution in [2.75, 3.05) is 0 Å². The molecule has 5 N–H and O–H groups in total. The molecule has 0 radical (unpaired) electrons. The number of hydrogen-bond donors (Lipinski definition) is 3. The quantitative estimate of drug-likeness (QED) is 0.312. The number of unbranched alkanes of at least 4 members (excludes halogenated alkanes) is 1. The zero-order valence-electron chi connectivity index (χ0n) is 8.16. The summed E-state index contributed by atoms with van der Waals surface area (Å²) in [5.41, 5.74) is 10.5. The van der Waals surface area contributed by atoms with Crippen molar-refractivity contribution in [3.63, 3.8) is 0 Å². The SMILES string of the molecule is CC(N)(N)OC(=O)CCCCC(=O)O. The van der Waals surface area contributed by atoms with Crippen molar-refractivity contribution in [2.24, 2.45) is 11.5 Å². The van der Waals surface area contributed by atoms with Crippen LogP contribution in [0.3, 0.4) is 0 Å². The smallest absolute Gasteiger partial charge is 0.308 e. The molecule has 0 bridgehead atoms. The molecule has 0 aliphatic heterocycles. The molecule has 6 heteroatoms. The summed E-state index contributed by atoms with van der Waals surface area (Å²) < 4.78 is 4.61. The van der Waals surface area contributed by atoms with Gasteiger partial charge in [0.2, 0.25) is 5.85 Å². The second-order valence-electron chi connectivity index (χ2n) is 3.26. The van der Waals surface area contributed by atoms with Crippen molar-refractivity contribution in [2.45, 2.75) is 38.5 Å². The summed E-state index contributed by atoms with van der Waals surface area (Å²) in [6.45, 7) is 1.36. The first-order valence-corrected chi connectivity index (χ1v) is 4.32. The molecule has 0 atom stereocenters. The van der Waals surface area contributed by atoms with Gasteiger partial charge in [-0.2, -0.15) is 0 Å². The van der Waals surface area contributed by atoms with Crippen molar-refractivity contribution >= 4 is 11.9 Å². The Balaban J connectivity index is 3.50. The van der Waals surface area contributed by atoms with Gasteiger partial charge in [0.25, 0.3) is 0 Å². The lowest BCUT2D eigenvalue weighted by molar-refractivity contribution is -0.157. The summed E-state index contributed by atoms with van der Waals surface area (Å²) >= 11 is 0. The predicted molar refractivity (Wildman–Crippen MR) is 49.0 cm³/mol. The minimum absolute atomic E-state index is 0.0514. The fourth-order valence-electron chi connectivity index (χ4n) is 0.842. The number of carboxylic acids is 1. The highest BCUT2D eigenvalue weighted by molar-refractivity contribution is 5.70. The topological polar surface area (TPSA) is 116 Å². The summed E-state index contributed by atoms with van der Waals surface area (Å²) in [6, 6.07) is 0. The van der Waals surface area contributed by atoms with E-state index in [2.05, 4.69) is 4.74 Å². The maximum Gasteiger partial charge on any atom is 0.308 e. The number of hydrogen-bond acceptors (Lipinski definition) is 5. The third-order valence-corrected chi connectivity index (χ3v) is 1.36. The lowest BCUT2D eigenvalue weighted by Crippen LogP contribution is -2.50. The Labute approximate surface area is 82.2 Å². The van der Waals surface area contributed by atoms with Gasteiger partial charge in [-0.25, -0.2) is 0 Å². The number of esters is 1. The number of ether oxygens (including phenoxy) is 1. The van der Waals surface area contributed by atoms with E-state index in [1.165, 1.54) is 6.92 Å². The lowest BCUT2D eigenvalue weighted by atomic mass is 10.2. The number of aliphatic carboxylic acids is 1.